The molecule has 1 aliphatic rings. The van der Waals surface area contributed by atoms with Crippen LogP contribution < -0.4 is 10.6 Å². The maximum absolute atomic E-state index is 13.1. The van der Waals surface area contributed by atoms with Crippen LogP contribution in [0.3, 0.4) is 0 Å². The number of urea groups is 1. The molecule has 1 aliphatic heterocycles. The summed E-state index contributed by atoms with van der Waals surface area (Å²) in [6.45, 7) is 1.94. The number of hydrogen-bond donors (Lipinski definition) is 2. The minimum absolute atomic E-state index is 0.00784. The summed E-state index contributed by atoms with van der Waals surface area (Å²) in [6, 6.07) is 14.7. The van der Waals surface area contributed by atoms with Crippen molar-refractivity contribution in [1.82, 2.24) is 19.8 Å². The molecule has 0 radical (unpaired) electrons. The van der Waals surface area contributed by atoms with Gasteiger partial charge in [0.25, 0.3) is 5.91 Å². The fourth-order valence-electron chi connectivity index (χ4n) is 3.34. The van der Waals surface area contributed by atoms with Gasteiger partial charge in [-0.1, -0.05) is 36.4 Å². The highest BCUT2D eigenvalue weighted by Gasteiger charge is 2.29. The Morgan fingerprint density at radius 1 is 0.970 bits per heavy atom. The molecule has 1 saturated heterocycles. The highest BCUT2D eigenvalue weighted by Crippen LogP contribution is 2.20. The molecule has 33 heavy (non-hydrogen) atoms. The standard InChI is InChI=1S/C22H26N4O6S/c1-23-22(29)24-20(27)16-32-21(28)18-8-5-9-19(14-18)33(30,31)26-12-10-25(11-13-26)15-17-6-3-2-4-7-17/h2-9,14H,10-13,15-16H2,1H3,(H2,23,24,27,29). The third kappa shape index (κ3) is 6.60. The number of esters is 1. The van der Waals surface area contributed by atoms with E-state index in [4.69, 9.17) is 4.74 Å². The van der Waals surface area contributed by atoms with Gasteiger partial charge in [-0.2, -0.15) is 4.31 Å². The molecule has 3 amide bonds. The highest BCUT2D eigenvalue weighted by atomic mass is 32.2. The molecule has 2 aromatic carbocycles. The van der Waals surface area contributed by atoms with Crippen LogP contribution in [0.5, 0.6) is 0 Å². The summed E-state index contributed by atoms with van der Waals surface area (Å²) in [4.78, 5) is 37.1. The number of nitrogens with zero attached hydrogens (tertiary/aromatic N) is 2. The molecule has 0 spiro atoms. The number of piperazine rings is 1. The predicted octanol–water partition coefficient (Wildman–Crippen LogP) is 0.806. The number of rotatable bonds is 7. The van der Waals surface area contributed by atoms with Crippen molar-refractivity contribution < 1.29 is 27.5 Å². The molecule has 176 valence electrons. The lowest BCUT2D eigenvalue weighted by molar-refractivity contribution is -0.123. The smallest absolute Gasteiger partial charge is 0.338 e. The van der Waals surface area contributed by atoms with Crippen molar-refractivity contribution in [3.05, 3.63) is 65.7 Å². The van der Waals surface area contributed by atoms with E-state index in [9.17, 15) is 22.8 Å². The minimum atomic E-state index is -3.80. The molecule has 0 bridgehead atoms. The van der Waals surface area contributed by atoms with E-state index < -0.39 is 34.5 Å². The van der Waals surface area contributed by atoms with E-state index in [0.29, 0.717) is 26.2 Å². The summed E-state index contributed by atoms with van der Waals surface area (Å²) < 4.78 is 32.5. The summed E-state index contributed by atoms with van der Waals surface area (Å²) in [5, 5.41) is 4.16. The van der Waals surface area contributed by atoms with E-state index >= 15 is 0 Å². The molecule has 0 aromatic heterocycles. The number of nitrogens with one attached hydrogen (secondary N) is 2. The van der Waals surface area contributed by atoms with Crippen LogP contribution in [0.2, 0.25) is 0 Å². The molecule has 11 heteroatoms. The lowest BCUT2D eigenvalue weighted by Crippen LogP contribution is -2.48. The maximum atomic E-state index is 13.1. The summed E-state index contributed by atoms with van der Waals surface area (Å²) in [5.74, 6) is -1.67. The number of sulfonamides is 1. The van der Waals surface area contributed by atoms with Gasteiger partial charge in [0, 0.05) is 39.8 Å². The number of carbonyl (C=O) groups excluding carboxylic acids is 3. The zero-order valence-corrected chi connectivity index (χ0v) is 19.0. The molecular formula is C22H26N4O6S. The number of hydrogen-bond acceptors (Lipinski definition) is 7. The van der Waals surface area contributed by atoms with Crippen molar-refractivity contribution in [3.8, 4) is 0 Å². The molecular weight excluding hydrogens is 448 g/mol. The molecule has 3 rings (SSSR count). The Hall–Kier alpha value is -3.28. The van der Waals surface area contributed by atoms with Crippen LogP contribution in [-0.4, -0.2) is 75.4 Å². The van der Waals surface area contributed by atoms with Crippen LogP contribution >= 0.6 is 0 Å². The van der Waals surface area contributed by atoms with Crippen molar-refractivity contribution in [2.75, 3.05) is 39.8 Å². The Balaban J connectivity index is 1.59. The quantitative estimate of drug-likeness (QED) is 0.569. The number of imide groups is 1. The van der Waals surface area contributed by atoms with E-state index in [1.165, 1.54) is 41.2 Å². The fraction of sp³-hybridized carbons (Fsp3) is 0.318. The van der Waals surface area contributed by atoms with E-state index in [1.807, 2.05) is 35.6 Å². The molecule has 0 aliphatic carbocycles. The van der Waals surface area contributed by atoms with Crippen molar-refractivity contribution in [3.63, 3.8) is 0 Å². The van der Waals surface area contributed by atoms with E-state index in [2.05, 4.69) is 10.2 Å². The van der Waals surface area contributed by atoms with Crippen LogP contribution in [0.4, 0.5) is 4.79 Å². The van der Waals surface area contributed by atoms with Gasteiger partial charge in [0.1, 0.15) is 0 Å². The van der Waals surface area contributed by atoms with Gasteiger partial charge in [-0.3, -0.25) is 15.0 Å². The second-order valence-electron chi connectivity index (χ2n) is 7.40. The van der Waals surface area contributed by atoms with Crippen molar-refractivity contribution >= 4 is 27.9 Å². The van der Waals surface area contributed by atoms with E-state index in [0.717, 1.165) is 6.54 Å². The first kappa shape index (κ1) is 24.4. The van der Waals surface area contributed by atoms with Gasteiger partial charge >= 0.3 is 12.0 Å². The Morgan fingerprint density at radius 2 is 1.67 bits per heavy atom. The van der Waals surface area contributed by atoms with Gasteiger partial charge in [0.05, 0.1) is 10.5 Å². The second kappa shape index (κ2) is 11.0. The Morgan fingerprint density at radius 3 is 2.33 bits per heavy atom. The lowest BCUT2D eigenvalue weighted by atomic mass is 10.2. The first-order valence-electron chi connectivity index (χ1n) is 10.3. The zero-order valence-electron chi connectivity index (χ0n) is 18.2. The highest BCUT2D eigenvalue weighted by molar-refractivity contribution is 7.89. The topological polar surface area (TPSA) is 125 Å². The first-order chi connectivity index (χ1) is 15.8. The summed E-state index contributed by atoms with van der Waals surface area (Å²) in [6.07, 6.45) is 0. The van der Waals surface area contributed by atoms with Gasteiger partial charge < -0.3 is 10.1 Å². The number of ether oxygens (including phenoxy) is 1. The Bertz CT molecular complexity index is 1100. The third-order valence-corrected chi connectivity index (χ3v) is 7.00. The molecule has 1 heterocycles. The molecule has 10 nitrogen and oxygen atoms in total. The molecule has 0 unspecified atom stereocenters. The monoisotopic (exact) mass is 474 g/mol. The molecule has 2 aromatic rings. The first-order valence-corrected chi connectivity index (χ1v) is 11.8. The third-order valence-electron chi connectivity index (χ3n) is 5.10. The second-order valence-corrected chi connectivity index (χ2v) is 9.34. The van der Waals surface area contributed by atoms with Gasteiger partial charge in [0.15, 0.2) is 6.61 Å². The van der Waals surface area contributed by atoms with Gasteiger partial charge in [-0.25, -0.2) is 18.0 Å². The average Bonchev–Trinajstić information content (AvgIpc) is 2.83. The minimum Gasteiger partial charge on any atom is -0.452 e. The Kier molecular flexibility index (Phi) is 8.15. The van der Waals surface area contributed by atoms with Crippen molar-refractivity contribution in [2.45, 2.75) is 11.4 Å². The van der Waals surface area contributed by atoms with E-state index in [-0.39, 0.29) is 10.5 Å². The normalized spacial score (nSPS) is 14.9. The van der Waals surface area contributed by atoms with Gasteiger partial charge in [-0.15, -0.1) is 0 Å². The fourth-order valence-corrected chi connectivity index (χ4v) is 4.81. The van der Waals surface area contributed by atoms with Crippen molar-refractivity contribution in [1.29, 1.82) is 0 Å². The van der Waals surface area contributed by atoms with Gasteiger partial charge in [0.2, 0.25) is 10.0 Å². The maximum Gasteiger partial charge on any atom is 0.338 e. The van der Waals surface area contributed by atoms with Crippen LogP contribution in [0.1, 0.15) is 15.9 Å². The number of benzene rings is 2. The molecule has 0 atom stereocenters. The lowest BCUT2D eigenvalue weighted by Gasteiger charge is -2.34. The van der Waals surface area contributed by atoms with Crippen LogP contribution in [0.15, 0.2) is 59.5 Å². The van der Waals surface area contributed by atoms with Crippen LogP contribution in [0, 0.1) is 0 Å². The predicted molar refractivity (Wildman–Crippen MR) is 120 cm³/mol. The summed E-state index contributed by atoms with van der Waals surface area (Å²) in [7, 11) is -2.46. The molecule has 2 N–H and O–H groups in total. The van der Waals surface area contributed by atoms with Crippen molar-refractivity contribution in [2.24, 2.45) is 0 Å². The molecule has 0 saturated carbocycles. The summed E-state index contributed by atoms with van der Waals surface area (Å²) in [5.41, 5.74) is 1.16. The average molecular weight is 475 g/mol. The summed E-state index contributed by atoms with van der Waals surface area (Å²) >= 11 is 0. The van der Waals surface area contributed by atoms with Gasteiger partial charge in [-0.05, 0) is 23.8 Å². The molecule has 1 fully saturated rings. The zero-order chi connectivity index (χ0) is 23.8. The Labute approximate surface area is 192 Å². The number of amides is 3. The van der Waals surface area contributed by atoms with E-state index in [1.54, 1.807) is 0 Å². The SMILES string of the molecule is CNC(=O)NC(=O)COC(=O)c1cccc(S(=O)(=O)N2CCN(Cc3ccccc3)CC2)c1. The number of carbonyl (C=O) groups is 3. The largest absolute Gasteiger partial charge is 0.452 e. The van der Waals surface area contributed by atoms with Crippen LogP contribution in [0.25, 0.3) is 0 Å². The van der Waals surface area contributed by atoms with Crippen LogP contribution in [-0.2, 0) is 26.1 Å².